The van der Waals surface area contributed by atoms with E-state index in [4.69, 9.17) is 11.5 Å². The zero-order valence-electron chi connectivity index (χ0n) is 8.56. The second kappa shape index (κ2) is 4.69. The lowest BCUT2D eigenvalue weighted by atomic mass is 10.2. The van der Waals surface area contributed by atoms with Crippen molar-refractivity contribution in [1.82, 2.24) is 10.2 Å². The molecule has 1 fully saturated rings. The van der Waals surface area contributed by atoms with Gasteiger partial charge in [-0.1, -0.05) is 0 Å². The molecular formula is C10H14N2O3. The number of hydrogen-bond donors (Lipinski definition) is 2. The largest absolute Gasteiger partial charge is 0.480 e. The first kappa shape index (κ1) is 11.4. The standard InChI is InChI=1S/C10H14N2O3/c1-3-4-8(9(13)14)11-10(15)12(2)7-5-6-7/h1,7-8H,4-6H2,2H3,(H,11,15)(H,13,14). The maximum Gasteiger partial charge on any atom is 0.327 e. The van der Waals surface area contributed by atoms with Crippen LogP contribution in [-0.4, -0.2) is 41.1 Å². The van der Waals surface area contributed by atoms with Crippen LogP contribution in [0.3, 0.4) is 0 Å². The number of urea groups is 1. The van der Waals surface area contributed by atoms with Gasteiger partial charge in [0.25, 0.3) is 0 Å². The van der Waals surface area contributed by atoms with Gasteiger partial charge in [0.2, 0.25) is 0 Å². The first-order valence-electron chi connectivity index (χ1n) is 4.76. The SMILES string of the molecule is C#CCC(NC(=O)N(C)C1CC1)C(=O)O. The van der Waals surface area contributed by atoms with Crippen molar-refractivity contribution >= 4 is 12.0 Å². The summed E-state index contributed by atoms with van der Waals surface area (Å²) in [5.74, 6) is 1.12. The molecule has 1 unspecified atom stereocenters. The molecule has 5 nitrogen and oxygen atoms in total. The van der Waals surface area contributed by atoms with Crippen LogP contribution in [0, 0.1) is 12.3 Å². The number of carboxylic acids is 1. The molecule has 1 rings (SSSR count). The molecule has 0 bridgehead atoms. The molecule has 0 aromatic carbocycles. The van der Waals surface area contributed by atoms with Crippen LogP contribution in [0.4, 0.5) is 4.79 Å². The van der Waals surface area contributed by atoms with Crippen LogP contribution in [0.15, 0.2) is 0 Å². The number of terminal acetylenes is 1. The van der Waals surface area contributed by atoms with E-state index in [1.165, 1.54) is 4.90 Å². The van der Waals surface area contributed by atoms with E-state index >= 15 is 0 Å². The van der Waals surface area contributed by atoms with E-state index in [9.17, 15) is 9.59 Å². The topological polar surface area (TPSA) is 69.6 Å². The summed E-state index contributed by atoms with van der Waals surface area (Å²) in [6, 6.07) is -1.12. The number of amides is 2. The summed E-state index contributed by atoms with van der Waals surface area (Å²) in [7, 11) is 1.65. The van der Waals surface area contributed by atoms with E-state index in [0.29, 0.717) is 0 Å². The van der Waals surface area contributed by atoms with Crippen molar-refractivity contribution in [3.05, 3.63) is 0 Å². The van der Waals surface area contributed by atoms with Crippen molar-refractivity contribution in [3.8, 4) is 12.3 Å². The van der Waals surface area contributed by atoms with Crippen LogP contribution in [-0.2, 0) is 4.79 Å². The molecule has 0 heterocycles. The van der Waals surface area contributed by atoms with Crippen LogP contribution in [0.5, 0.6) is 0 Å². The minimum atomic E-state index is -1.11. The van der Waals surface area contributed by atoms with Gasteiger partial charge in [-0.2, -0.15) is 0 Å². The van der Waals surface area contributed by atoms with E-state index in [1.54, 1.807) is 7.05 Å². The Morgan fingerprint density at radius 2 is 2.27 bits per heavy atom. The first-order valence-corrected chi connectivity index (χ1v) is 4.76. The first-order chi connectivity index (χ1) is 7.06. The van der Waals surface area contributed by atoms with E-state index in [0.717, 1.165) is 12.8 Å². The molecule has 1 aliphatic rings. The summed E-state index contributed by atoms with van der Waals surface area (Å²) in [6.07, 6.45) is 6.98. The van der Waals surface area contributed by atoms with E-state index < -0.39 is 12.0 Å². The van der Waals surface area contributed by atoms with Crippen LogP contribution in [0.25, 0.3) is 0 Å². The van der Waals surface area contributed by atoms with E-state index in [-0.39, 0.29) is 18.5 Å². The predicted octanol–water partition coefficient (Wildman–Crippen LogP) is 0.267. The van der Waals surface area contributed by atoms with Gasteiger partial charge in [0.1, 0.15) is 6.04 Å². The summed E-state index contributed by atoms with van der Waals surface area (Å²) in [5.41, 5.74) is 0. The molecule has 2 amide bonds. The third-order valence-electron chi connectivity index (χ3n) is 2.33. The summed E-state index contributed by atoms with van der Waals surface area (Å²) in [6.45, 7) is 0. The minimum Gasteiger partial charge on any atom is -0.480 e. The van der Waals surface area contributed by atoms with Crippen LogP contribution in [0.2, 0.25) is 0 Å². The second-order valence-electron chi connectivity index (χ2n) is 3.59. The van der Waals surface area contributed by atoms with Gasteiger partial charge in [0, 0.05) is 19.5 Å². The molecule has 0 aliphatic heterocycles. The molecule has 0 radical (unpaired) electrons. The molecule has 15 heavy (non-hydrogen) atoms. The fourth-order valence-electron chi connectivity index (χ4n) is 1.20. The normalized spacial score (nSPS) is 16.3. The molecular weight excluding hydrogens is 196 g/mol. The Hall–Kier alpha value is -1.70. The number of carbonyl (C=O) groups excluding carboxylic acids is 1. The third-order valence-corrected chi connectivity index (χ3v) is 2.33. The lowest BCUT2D eigenvalue weighted by Crippen LogP contribution is -2.47. The Labute approximate surface area is 88.4 Å². The van der Waals surface area contributed by atoms with Gasteiger partial charge in [-0.25, -0.2) is 9.59 Å². The Morgan fingerprint density at radius 1 is 1.67 bits per heavy atom. The van der Waals surface area contributed by atoms with Crippen molar-refractivity contribution in [2.24, 2.45) is 0 Å². The number of rotatable bonds is 4. The zero-order chi connectivity index (χ0) is 11.4. The highest BCUT2D eigenvalue weighted by molar-refractivity contribution is 5.83. The van der Waals surface area contributed by atoms with Crippen LogP contribution in [0.1, 0.15) is 19.3 Å². The molecule has 1 aliphatic carbocycles. The lowest BCUT2D eigenvalue weighted by molar-refractivity contribution is -0.139. The molecule has 0 aromatic heterocycles. The van der Waals surface area contributed by atoms with Gasteiger partial charge >= 0.3 is 12.0 Å². The van der Waals surface area contributed by atoms with Gasteiger partial charge in [-0.3, -0.25) is 0 Å². The van der Waals surface area contributed by atoms with Gasteiger partial charge < -0.3 is 15.3 Å². The molecule has 5 heteroatoms. The summed E-state index contributed by atoms with van der Waals surface area (Å²) < 4.78 is 0. The Kier molecular flexibility index (Phi) is 3.56. The van der Waals surface area contributed by atoms with Crippen molar-refractivity contribution < 1.29 is 14.7 Å². The molecule has 2 N–H and O–H groups in total. The summed E-state index contributed by atoms with van der Waals surface area (Å²) in [4.78, 5) is 23.7. The Bertz CT molecular complexity index is 304. The fourth-order valence-corrected chi connectivity index (χ4v) is 1.20. The van der Waals surface area contributed by atoms with Gasteiger partial charge in [-0.15, -0.1) is 12.3 Å². The number of hydrogen-bond acceptors (Lipinski definition) is 2. The molecule has 1 saturated carbocycles. The zero-order valence-corrected chi connectivity index (χ0v) is 8.56. The van der Waals surface area contributed by atoms with Crippen molar-refractivity contribution in [3.63, 3.8) is 0 Å². The Balaban J connectivity index is 2.46. The number of carboxylic acid groups (broad SMARTS) is 1. The summed E-state index contributed by atoms with van der Waals surface area (Å²) >= 11 is 0. The molecule has 0 aromatic rings. The van der Waals surface area contributed by atoms with E-state index in [1.807, 2.05) is 0 Å². The highest BCUT2D eigenvalue weighted by Gasteiger charge is 2.31. The molecule has 0 saturated heterocycles. The Morgan fingerprint density at radius 3 is 2.67 bits per heavy atom. The maximum atomic E-state index is 11.5. The molecule has 1 atom stereocenters. The van der Waals surface area contributed by atoms with Crippen molar-refractivity contribution in [1.29, 1.82) is 0 Å². The highest BCUT2D eigenvalue weighted by Crippen LogP contribution is 2.25. The van der Waals surface area contributed by atoms with Gasteiger partial charge in [0.05, 0.1) is 0 Å². The quantitative estimate of drug-likeness (QED) is 0.654. The minimum absolute atomic E-state index is 0.000417. The van der Waals surface area contributed by atoms with Crippen molar-refractivity contribution in [2.45, 2.75) is 31.3 Å². The fraction of sp³-hybridized carbons (Fsp3) is 0.600. The van der Waals surface area contributed by atoms with Gasteiger partial charge in [0.15, 0.2) is 0 Å². The predicted molar refractivity (Wildman–Crippen MR) is 54.2 cm³/mol. The monoisotopic (exact) mass is 210 g/mol. The number of carbonyl (C=O) groups is 2. The van der Waals surface area contributed by atoms with Crippen LogP contribution < -0.4 is 5.32 Å². The van der Waals surface area contributed by atoms with Crippen LogP contribution >= 0.6 is 0 Å². The number of aliphatic carboxylic acids is 1. The van der Waals surface area contributed by atoms with Gasteiger partial charge in [-0.05, 0) is 12.8 Å². The maximum absolute atomic E-state index is 11.5. The number of nitrogens with zero attached hydrogens (tertiary/aromatic N) is 1. The average Bonchev–Trinajstić information content (AvgIpc) is 2.98. The molecule has 0 spiro atoms. The van der Waals surface area contributed by atoms with E-state index in [2.05, 4.69) is 11.2 Å². The van der Waals surface area contributed by atoms with Crippen molar-refractivity contribution in [2.75, 3.05) is 7.05 Å². The average molecular weight is 210 g/mol. The molecule has 82 valence electrons. The third kappa shape index (κ3) is 3.17. The lowest BCUT2D eigenvalue weighted by Gasteiger charge is -2.19. The number of nitrogens with one attached hydrogen (secondary N) is 1. The summed E-state index contributed by atoms with van der Waals surface area (Å²) in [5, 5.41) is 11.1. The second-order valence-corrected chi connectivity index (χ2v) is 3.59. The smallest absolute Gasteiger partial charge is 0.327 e. The highest BCUT2D eigenvalue weighted by atomic mass is 16.4.